The molecular weight excluding hydrogens is 270 g/mol. The van der Waals surface area contributed by atoms with E-state index in [0.29, 0.717) is 28.1 Å². The topological polar surface area (TPSA) is 91.3 Å². The molecule has 2 aromatic carbocycles. The summed E-state index contributed by atoms with van der Waals surface area (Å²) in [5, 5.41) is 11.6. The average Bonchev–Trinajstić information content (AvgIpc) is 2.47. The van der Waals surface area contributed by atoms with Crippen molar-refractivity contribution in [3.63, 3.8) is 0 Å². The van der Waals surface area contributed by atoms with Gasteiger partial charge in [0, 0.05) is 29.4 Å². The van der Waals surface area contributed by atoms with Gasteiger partial charge in [-0.2, -0.15) is 0 Å². The molecule has 0 spiro atoms. The minimum absolute atomic E-state index is 0.0504. The summed E-state index contributed by atoms with van der Waals surface area (Å²) < 4.78 is 5.76. The lowest BCUT2D eigenvalue weighted by Gasteiger charge is -2.09. The van der Waals surface area contributed by atoms with Crippen molar-refractivity contribution in [3.05, 3.63) is 64.8 Å². The highest BCUT2D eigenvalue weighted by atomic mass is 16.6. The van der Waals surface area contributed by atoms with Crippen molar-refractivity contribution in [2.45, 2.75) is 0 Å². The lowest BCUT2D eigenvalue weighted by Crippen LogP contribution is -1.94. The van der Waals surface area contributed by atoms with Crippen molar-refractivity contribution in [2.24, 2.45) is 0 Å². The number of nitrogens with two attached hydrogens (primary N) is 1. The Bertz CT molecular complexity index is 833. The van der Waals surface area contributed by atoms with Crippen LogP contribution in [0.3, 0.4) is 0 Å². The first kappa shape index (κ1) is 12.9. The van der Waals surface area contributed by atoms with Crippen LogP contribution >= 0.6 is 0 Å². The van der Waals surface area contributed by atoms with Crippen LogP contribution in [0.25, 0.3) is 10.9 Å². The molecule has 0 bridgehead atoms. The van der Waals surface area contributed by atoms with Gasteiger partial charge in [0.2, 0.25) is 0 Å². The van der Waals surface area contributed by atoms with Crippen LogP contribution in [0.15, 0.2) is 54.7 Å². The maximum Gasteiger partial charge on any atom is 0.295 e. The van der Waals surface area contributed by atoms with Crippen LogP contribution in [0, 0.1) is 10.1 Å². The fraction of sp³-hybridized carbons (Fsp3) is 0. The second-order valence-corrected chi connectivity index (χ2v) is 4.41. The zero-order chi connectivity index (χ0) is 14.8. The van der Waals surface area contributed by atoms with Gasteiger partial charge in [-0.15, -0.1) is 0 Å². The highest BCUT2D eigenvalue weighted by Gasteiger charge is 2.16. The van der Waals surface area contributed by atoms with Crippen molar-refractivity contribution in [1.82, 2.24) is 4.98 Å². The van der Waals surface area contributed by atoms with Gasteiger partial charge in [-0.1, -0.05) is 6.07 Å². The van der Waals surface area contributed by atoms with Crippen LogP contribution in [0.4, 0.5) is 11.4 Å². The molecule has 1 aromatic heterocycles. The molecule has 21 heavy (non-hydrogen) atoms. The highest BCUT2D eigenvalue weighted by molar-refractivity contribution is 5.92. The molecule has 1 heterocycles. The van der Waals surface area contributed by atoms with E-state index < -0.39 is 4.92 Å². The van der Waals surface area contributed by atoms with Gasteiger partial charge in [0.05, 0.1) is 4.92 Å². The second-order valence-electron chi connectivity index (χ2n) is 4.41. The SMILES string of the molecule is Nc1cccc(Oc2ccc([N+](=O)[O-])c3ncccc23)c1. The van der Waals surface area contributed by atoms with Crippen LogP contribution in [0.5, 0.6) is 11.5 Å². The number of benzene rings is 2. The zero-order valence-corrected chi connectivity index (χ0v) is 10.9. The smallest absolute Gasteiger partial charge is 0.295 e. The number of hydrogen-bond acceptors (Lipinski definition) is 5. The van der Waals surface area contributed by atoms with E-state index in [1.54, 1.807) is 42.5 Å². The van der Waals surface area contributed by atoms with Gasteiger partial charge in [-0.05, 0) is 30.3 Å². The largest absolute Gasteiger partial charge is 0.457 e. The third-order valence-corrected chi connectivity index (χ3v) is 2.99. The molecule has 0 saturated heterocycles. The normalized spacial score (nSPS) is 10.5. The number of hydrogen-bond donors (Lipinski definition) is 1. The Morgan fingerprint density at radius 2 is 2.00 bits per heavy atom. The molecule has 104 valence electrons. The summed E-state index contributed by atoms with van der Waals surface area (Å²) in [5.41, 5.74) is 6.53. The van der Waals surface area contributed by atoms with E-state index in [1.165, 1.54) is 12.3 Å². The zero-order valence-electron chi connectivity index (χ0n) is 10.9. The molecule has 0 radical (unpaired) electrons. The first-order valence-corrected chi connectivity index (χ1v) is 6.20. The standard InChI is InChI=1S/C15H11N3O3/c16-10-3-1-4-11(9-10)21-14-7-6-13(18(19)20)15-12(14)5-2-8-17-15/h1-9H,16H2. The number of aromatic nitrogens is 1. The Kier molecular flexibility index (Phi) is 3.12. The summed E-state index contributed by atoms with van der Waals surface area (Å²) in [6.45, 7) is 0. The van der Waals surface area contributed by atoms with Gasteiger partial charge >= 0.3 is 0 Å². The van der Waals surface area contributed by atoms with Crippen molar-refractivity contribution in [2.75, 3.05) is 5.73 Å². The monoisotopic (exact) mass is 281 g/mol. The third-order valence-electron chi connectivity index (χ3n) is 2.99. The summed E-state index contributed by atoms with van der Waals surface area (Å²) in [6, 6.07) is 13.4. The Morgan fingerprint density at radius 1 is 1.14 bits per heavy atom. The average molecular weight is 281 g/mol. The van der Waals surface area contributed by atoms with Gasteiger partial charge in [-0.25, -0.2) is 4.98 Å². The predicted molar refractivity (Wildman–Crippen MR) is 79.3 cm³/mol. The molecule has 0 aliphatic rings. The molecule has 0 aliphatic carbocycles. The van der Waals surface area contributed by atoms with Crippen LogP contribution in [0.1, 0.15) is 0 Å². The van der Waals surface area contributed by atoms with Gasteiger partial charge in [0.15, 0.2) is 5.52 Å². The minimum Gasteiger partial charge on any atom is -0.457 e. The highest BCUT2D eigenvalue weighted by Crippen LogP contribution is 2.34. The van der Waals surface area contributed by atoms with E-state index in [9.17, 15) is 10.1 Å². The molecule has 6 nitrogen and oxygen atoms in total. The molecule has 0 unspecified atom stereocenters. The Hall–Kier alpha value is -3.15. The third kappa shape index (κ3) is 2.46. The summed E-state index contributed by atoms with van der Waals surface area (Å²) in [7, 11) is 0. The predicted octanol–water partition coefficient (Wildman–Crippen LogP) is 3.52. The molecule has 0 aliphatic heterocycles. The van der Waals surface area contributed by atoms with Gasteiger partial charge in [-0.3, -0.25) is 10.1 Å². The molecule has 0 fully saturated rings. The number of pyridine rings is 1. The Labute approximate surface area is 119 Å². The fourth-order valence-electron chi connectivity index (χ4n) is 2.07. The van der Waals surface area contributed by atoms with E-state index in [0.717, 1.165) is 0 Å². The lowest BCUT2D eigenvalue weighted by atomic mass is 10.1. The number of nitrogen functional groups attached to an aromatic ring is 1. The molecule has 2 N–H and O–H groups in total. The van der Waals surface area contributed by atoms with E-state index in [4.69, 9.17) is 10.5 Å². The van der Waals surface area contributed by atoms with Crippen molar-refractivity contribution in [1.29, 1.82) is 0 Å². The summed E-state index contributed by atoms with van der Waals surface area (Å²) in [5.74, 6) is 1.06. The molecule has 3 aromatic rings. The number of ether oxygens (including phenoxy) is 1. The Balaban J connectivity index is 2.12. The quantitative estimate of drug-likeness (QED) is 0.450. The fourth-order valence-corrected chi connectivity index (χ4v) is 2.07. The lowest BCUT2D eigenvalue weighted by molar-refractivity contribution is -0.383. The van der Waals surface area contributed by atoms with E-state index >= 15 is 0 Å². The molecule has 0 amide bonds. The number of rotatable bonds is 3. The molecular formula is C15H11N3O3. The van der Waals surface area contributed by atoms with Crippen molar-refractivity contribution < 1.29 is 9.66 Å². The first-order valence-electron chi connectivity index (χ1n) is 6.20. The minimum atomic E-state index is -0.459. The van der Waals surface area contributed by atoms with Gasteiger partial charge < -0.3 is 10.5 Å². The van der Waals surface area contributed by atoms with Crippen LogP contribution in [-0.4, -0.2) is 9.91 Å². The molecule has 3 rings (SSSR count). The second kappa shape index (κ2) is 5.09. The van der Waals surface area contributed by atoms with Crippen molar-refractivity contribution in [3.8, 4) is 11.5 Å². The number of non-ortho nitro benzene ring substituents is 1. The number of nitro benzene ring substituents is 1. The number of nitro groups is 1. The first-order chi connectivity index (χ1) is 10.1. The summed E-state index contributed by atoms with van der Waals surface area (Å²) >= 11 is 0. The molecule has 0 atom stereocenters. The summed E-state index contributed by atoms with van der Waals surface area (Å²) in [6.07, 6.45) is 1.51. The number of fused-ring (bicyclic) bond motifs is 1. The maximum atomic E-state index is 11.0. The van der Waals surface area contributed by atoms with E-state index in [1.807, 2.05) is 0 Å². The maximum absolute atomic E-state index is 11.0. The van der Waals surface area contributed by atoms with Crippen LogP contribution in [-0.2, 0) is 0 Å². The van der Waals surface area contributed by atoms with Crippen LogP contribution < -0.4 is 10.5 Å². The Morgan fingerprint density at radius 3 is 2.76 bits per heavy atom. The van der Waals surface area contributed by atoms with Gasteiger partial charge in [0.1, 0.15) is 11.5 Å². The van der Waals surface area contributed by atoms with Crippen LogP contribution in [0.2, 0.25) is 0 Å². The van der Waals surface area contributed by atoms with E-state index in [2.05, 4.69) is 4.98 Å². The number of nitrogens with zero attached hydrogens (tertiary/aromatic N) is 2. The van der Waals surface area contributed by atoms with Gasteiger partial charge in [0.25, 0.3) is 5.69 Å². The molecule has 6 heteroatoms. The molecule has 0 saturated carbocycles. The summed E-state index contributed by atoms with van der Waals surface area (Å²) in [4.78, 5) is 14.7. The van der Waals surface area contributed by atoms with Crippen molar-refractivity contribution >= 4 is 22.3 Å². The number of anilines is 1. The van der Waals surface area contributed by atoms with E-state index in [-0.39, 0.29) is 5.69 Å².